The molecule has 10 heteroatoms. The first-order valence-electron chi connectivity index (χ1n) is 11.2. The van der Waals surface area contributed by atoms with E-state index in [0.717, 1.165) is 12.1 Å². The highest BCUT2D eigenvalue weighted by molar-refractivity contribution is 6.08. The highest BCUT2D eigenvalue weighted by Crippen LogP contribution is 2.31. The van der Waals surface area contributed by atoms with Crippen molar-refractivity contribution in [1.82, 2.24) is 9.88 Å². The van der Waals surface area contributed by atoms with Crippen molar-refractivity contribution in [3.05, 3.63) is 85.7 Å². The summed E-state index contributed by atoms with van der Waals surface area (Å²) in [7, 11) is 0. The van der Waals surface area contributed by atoms with Crippen LogP contribution in [0.25, 0.3) is 17.0 Å². The maximum Gasteiger partial charge on any atom is 0.269 e. The number of halogens is 2. The number of nitrogens with zero attached hydrogens (tertiary/aromatic N) is 3. The predicted molar refractivity (Wildman–Crippen MR) is 130 cm³/mol. The second-order valence-electron chi connectivity index (χ2n) is 8.42. The molecule has 8 nitrogen and oxygen atoms in total. The van der Waals surface area contributed by atoms with E-state index in [4.69, 9.17) is 0 Å². The van der Waals surface area contributed by atoms with Crippen LogP contribution in [0.3, 0.4) is 0 Å². The van der Waals surface area contributed by atoms with Gasteiger partial charge in [0.1, 0.15) is 11.5 Å². The monoisotopic (exact) mass is 482 g/mol. The SMILES string of the molecule is CCn1cc(C(=O)C=Cc2ccc([N+](=O)[O-])cc2)c(=O)c2cc(F)c(N3CCNC(C)C3)c(F)c21. The van der Waals surface area contributed by atoms with Gasteiger partial charge < -0.3 is 14.8 Å². The minimum atomic E-state index is -0.852. The van der Waals surface area contributed by atoms with Gasteiger partial charge in [0.15, 0.2) is 11.6 Å². The fraction of sp³-hybridized carbons (Fsp3) is 0.280. The number of benzene rings is 2. The van der Waals surface area contributed by atoms with Crippen LogP contribution in [0, 0.1) is 21.7 Å². The number of non-ortho nitro benzene ring substituents is 1. The third-order valence-corrected chi connectivity index (χ3v) is 6.05. The van der Waals surface area contributed by atoms with Crippen LogP contribution in [0.4, 0.5) is 20.2 Å². The number of ketones is 1. The Labute approximate surface area is 199 Å². The van der Waals surface area contributed by atoms with E-state index in [0.29, 0.717) is 25.2 Å². The Balaban J connectivity index is 1.75. The van der Waals surface area contributed by atoms with Crippen molar-refractivity contribution >= 4 is 34.1 Å². The quantitative estimate of drug-likeness (QED) is 0.248. The molecule has 1 saturated heterocycles. The Kier molecular flexibility index (Phi) is 6.74. The summed E-state index contributed by atoms with van der Waals surface area (Å²) in [6, 6.07) is 6.59. The van der Waals surface area contributed by atoms with Crippen molar-refractivity contribution in [2.24, 2.45) is 0 Å². The molecule has 2 heterocycles. The Morgan fingerprint density at radius 3 is 2.63 bits per heavy atom. The van der Waals surface area contributed by atoms with E-state index >= 15 is 8.78 Å². The second-order valence-corrected chi connectivity index (χ2v) is 8.42. The lowest BCUT2D eigenvalue weighted by atomic mass is 10.0. The molecule has 1 aliphatic heterocycles. The molecule has 182 valence electrons. The summed E-state index contributed by atoms with van der Waals surface area (Å²) in [5, 5.41) is 13.8. The number of aryl methyl sites for hydroxylation is 1. The zero-order valence-electron chi connectivity index (χ0n) is 19.3. The molecule has 1 fully saturated rings. The molecule has 35 heavy (non-hydrogen) atoms. The number of pyridine rings is 1. The fourth-order valence-electron chi connectivity index (χ4n) is 4.30. The van der Waals surface area contributed by atoms with E-state index in [2.05, 4.69) is 5.32 Å². The van der Waals surface area contributed by atoms with Crippen LogP contribution in [0.1, 0.15) is 29.8 Å². The molecule has 0 saturated carbocycles. The van der Waals surface area contributed by atoms with Gasteiger partial charge in [-0.3, -0.25) is 19.7 Å². The van der Waals surface area contributed by atoms with Crippen LogP contribution in [0.15, 0.2) is 47.4 Å². The fourth-order valence-corrected chi connectivity index (χ4v) is 4.30. The average Bonchev–Trinajstić information content (AvgIpc) is 2.83. The molecule has 0 radical (unpaired) electrons. The maximum atomic E-state index is 15.7. The van der Waals surface area contributed by atoms with Gasteiger partial charge in [0, 0.05) is 50.6 Å². The summed E-state index contributed by atoms with van der Waals surface area (Å²) < 4.78 is 32.2. The molecular weight excluding hydrogens is 458 g/mol. The van der Waals surface area contributed by atoms with E-state index in [1.165, 1.54) is 41.1 Å². The summed E-state index contributed by atoms with van der Waals surface area (Å²) in [4.78, 5) is 37.8. The number of rotatable bonds is 6. The van der Waals surface area contributed by atoms with Gasteiger partial charge in [-0.1, -0.05) is 6.08 Å². The van der Waals surface area contributed by atoms with Crippen LogP contribution < -0.4 is 15.6 Å². The van der Waals surface area contributed by atoms with Crippen molar-refractivity contribution in [3.63, 3.8) is 0 Å². The molecule has 0 bridgehead atoms. The molecule has 1 aromatic heterocycles. The molecule has 2 aromatic carbocycles. The number of hydrogen-bond donors (Lipinski definition) is 1. The van der Waals surface area contributed by atoms with Gasteiger partial charge in [-0.2, -0.15) is 0 Å². The number of anilines is 1. The lowest BCUT2D eigenvalue weighted by Gasteiger charge is -2.34. The van der Waals surface area contributed by atoms with Gasteiger partial charge in [0.25, 0.3) is 5.69 Å². The van der Waals surface area contributed by atoms with Crippen LogP contribution in [-0.4, -0.2) is 40.9 Å². The molecular formula is C25H24F2N4O4. The molecule has 1 N–H and O–H groups in total. The van der Waals surface area contributed by atoms with Crippen LogP contribution in [0.5, 0.6) is 0 Å². The summed E-state index contributed by atoms with van der Waals surface area (Å²) in [5.74, 6) is -2.32. The minimum absolute atomic E-state index is 0.0454. The molecule has 0 amide bonds. The summed E-state index contributed by atoms with van der Waals surface area (Å²) in [6.07, 6.45) is 3.87. The van der Waals surface area contributed by atoms with E-state index in [-0.39, 0.29) is 40.4 Å². The number of hydrogen-bond acceptors (Lipinski definition) is 6. The molecule has 1 unspecified atom stereocenters. The normalized spacial score (nSPS) is 16.2. The average molecular weight is 482 g/mol. The first-order valence-corrected chi connectivity index (χ1v) is 11.2. The minimum Gasteiger partial charge on any atom is -0.364 e. The lowest BCUT2D eigenvalue weighted by molar-refractivity contribution is -0.384. The van der Waals surface area contributed by atoms with Crippen molar-refractivity contribution in [2.45, 2.75) is 26.4 Å². The van der Waals surface area contributed by atoms with E-state index in [9.17, 15) is 19.7 Å². The first-order chi connectivity index (χ1) is 16.7. The highest BCUT2D eigenvalue weighted by atomic mass is 19.1. The van der Waals surface area contributed by atoms with Gasteiger partial charge in [0.05, 0.1) is 21.4 Å². The van der Waals surface area contributed by atoms with Gasteiger partial charge in [-0.25, -0.2) is 8.78 Å². The standard InChI is InChI=1S/C25H24F2N4O4/c1-3-29-14-19(21(32)9-6-16-4-7-17(8-5-16)31(34)35)25(33)18-12-20(26)24(22(27)23(18)29)30-11-10-28-15(2)13-30/h4-9,12,14-15,28H,3,10-11,13H2,1-2H3. The number of fused-ring (bicyclic) bond motifs is 1. The van der Waals surface area contributed by atoms with E-state index in [1.54, 1.807) is 11.8 Å². The van der Waals surface area contributed by atoms with Gasteiger partial charge in [-0.05, 0) is 43.7 Å². The predicted octanol–water partition coefficient (Wildman–Crippen LogP) is 3.90. The number of nitrogens with one attached hydrogen (secondary N) is 1. The Bertz CT molecular complexity index is 1400. The topological polar surface area (TPSA) is 97.5 Å². The summed E-state index contributed by atoms with van der Waals surface area (Å²) in [6.45, 7) is 5.33. The molecule has 4 rings (SSSR count). The molecule has 1 aliphatic rings. The largest absolute Gasteiger partial charge is 0.364 e. The maximum absolute atomic E-state index is 15.7. The third kappa shape index (κ3) is 4.69. The van der Waals surface area contributed by atoms with Gasteiger partial charge >= 0.3 is 0 Å². The highest BCUT2D eigenvalue weighted by Gasteiger charge is 2.26. The molecule has 0 spiro atoms. The number of carbonyl (C=O) groups is 1. The third-order valence-electron chi connectivity index (χ3n) is 6.05. The van der Waals surface area contributed by atoms with Gasteiger partial charge in [-0.15, -0.1) is 0 Å². The molecule has 1 atom stereocenters. The lowest BCUT2D eigenvalue weighted by Crippen LogP contribution is -2.49. The van der Waals surface area contributed by atoms with E-state index in [1.807, 2.05) is 6.92 Å². The van der Waals surface area contributed by atoms with Gasteiger partial charge in [0.2, 0.25) is 5.43 Å². The molecule has 0 aliphatic carbocycles. The number of nitro groups is 1. The van der Waals surface area contributed by atoms with Crippen LogP contribution >= 0.6 is 0 Å². The zero-order chi connectivity index (χ0) is 25.3. The van der Waals surface area contributed by atoms with Crippen LogP contribution in [-0.2, 0) is 6.54 Å². The van der Waals surface area contributed by atoms with Crippen molar-refractivity contribution in [2.75, 3.05) is 24.5 Å². The Hall–Kier alpha value is -3.92. The van der Waals surface area contributed by atoms with Crippen molar-refractivity contribution in [3.8, 4) is 0 Å². The number of piperazine rings is 1. The second kappa shape index (κ2) is 9.75. The Morgan fingerprint density at radius 1 is 1.29 bits per heavy atom. The van der Waals surface area contributed by atoms with Crippen molar-refractivity contribution in [1.29, 1.82) is 0 Å². The van der Waals surface area contributed by atoms with Crippen molar-refractivity contribution < 1.29 is 18.5 Å². The number of nitro benzene ring substituents is 1. The summed E-state index contributed by atoms with van der Waals surface area (Å²) >= 11 is 0. The smallest absolute Gasteiger partial charge is 0.269 e. The first kappa shape index (κ1) is 24.2. The zero-order valence-corrected chi connectivity index (χ0v) is 19.3. The van der Waals surface area contributed by atoms with E-state index < -0.39 is 27.8 Å². The number of aromatic nitrogens is 1. The Morgan fingerprint density at radius 2 is 2.00 bits per heavy atom. The molecule has 3 aromatic rings. The van der Waals surface area contributed by atoms with Crippen LogP contribution in [0.2, 0.25) is 0 Å². The number of allylic oxidation sites excluding steroid dienone is 1. The number of carbonyl (C=O) groups excluding carboxylic acids is 1. The summed E-state index contributed by atoms with van der Waals surface area (Å²) in [5.41, 5.74) is -0.776.